The first kappa shape index (κ1) is 13.8. The summed E-state index contributed by atoms with van der Waals surface area (Å²) in [7, 11) is 0. The van der Waals surface area contributed by atoms with Crippen molar-refractivity contribution >= 4 is 0 Å². The molecule has 0 aliphatic heterocycles. The summed E-state index contributed by atoms with van der Waals surface area (Å²) in [4.78, 5) is 4.32. The zero-order chi connectivity index (χ0) is 13.7. The summed E-state index contributed by atoms with van der Waals surface area (Å²) in [5, 5.41) is 3.39. The number of rotatable bonds is 6. The first-order valence-electron chi connectivity index (χ1n) is 7.02. The molecule has 0 atom stereocenters. The lowest BCUT2D eigenvalue weighted by molar-refractivity contribution is 0.625. The van der Waals surface area contributed by atoms with Gasteiger partial charge in [-0.1, -0.05) is 39.0 Å². The second kappa shape index (κ2) is 6.53. The predicted molar refractivity (Wildman–Crippen MR) is 79.5 cm³/mol. The predicted octanol–water partition coefficient (Wildman–Crippen LogP) is 3.18. The lowest BCUT2D eigenvalue weighted by Crippen LogP contribution is -2.14. The van der Waals surface area contributed by atoms with Crippen molar-refractivity contribution < 1.29 is 0 Å². The molecular formula is C16H23N3. The van der Waals surface area contributed by atoms with Gasteiger partial charge in [0.1, 0.15) is 0 Å². The molecular weight excluding hydrogens is 234 g/mol. The molecule has 0 saturated heterocycles. The normalized spacial score (nSPS) is 11.2. The average Bonchev–Trinajstić information content (AvgIpc) is 2.84. The van der Waals surface area contributed by atoms with E-state index in [1.807, 2.05) is 12.5 Å². The van der Waals surface area contributed by atoms with E-state index < -0.39 is 0 Å². The van der Waals surface area contributed by atoms with Crippen LogP contribution in [0.15, 0.2) is 36.8 Å². The van der Waals surface area contributed by atoms with E-state index in [9.17, 15) is 0 Å². The molecule has 1 aromatic heterocycles. The van der Waals surface area contributed by atoms with Crippen LogP contribution in [-0.4, -0.2) is 16.1 Å². The largest absolute Gasteiger partial charge is 0.313 e. The Kier molecular flexibility index (Phi) is 4.74. The van der Waals surface area contributed by atoms with Crippen LogP contribution in [0, 0.1) is 5.92 Å². The first-order valence-corrected chi connectivity index (χ1v) is 7.02. The topological polar surface area (TPSA) is 29.9 Å². The fourth-order valence-corrected chi connectivity index (χ4v) is 2.26. The van der Waals surface area contributed by atoms with E-state index in [0.717, 1.165) is 19.5 Å². The lowest BCUT2D eigenvalue weighted by atomic mass is 10.1. The van der Waals surface area contributed by atoms with Gasteiger partial charge in [-0.25, -0.2) is 4.98 Å². The number of benzene rings is 1. The van der Waals surface area contributed by atoms with Gasteiger partial charge in [-0.15, -0.1) is 0 Å². The summed E-state index contributed by atoms with van der Waals surface area (Å²) < 4.78 is 2.21. The van der Waals surface area contributed by atoms with E-state index in [1.54, 1.807) is 0 Å². The van der Waals surface area contributed by atoms with Crippen LogP contribution in [-0.2, 0) is 13.0 Å². The smallest absolute Gasteiger partial charge is 0.0994 e. The number of nitrogens with one attached hydrogen (secondary N) is 1. The Bertz CT molecular complexity index is 514. The van der Waals surface area contributed by atoms with Gasteiger partial charge in [0.05, 0.1) is 12.0 Å². The summed E-state index contributed by atoms with van der Waals surface area (Å²) in [5.74, 6) is 0.636. The Morgan fingerprint density at radius 3 is 2.79 bits per heavy atom. The number of hydrogen-bond acceptors (Lipinski definition) is 2. The maximum atomic E-state index is 4.32. The molecule has 0 saturated carbocycles. The third-order valence-electron chi connectivity index (χ3n) is 3.15. The number of imidazole rings is 1. The van der Waals surface area contributed by atoms with Crippen LogP contribution < -0.4 is 5.32 Å². The Balaban J connectivity index is 2.33. The summed E-state index contributed by atoms with van der Waals surface area (Å²) >= 11 is 0. The average molecular weight is 257 g/mol. The molecule has 1 heterocycles. The molecule has 102 valence electrons. The molecule has 0 spiro atoms. The van der Waals surface area contributed by atoms with Gasteiger partial charge in [0, 0.05) is 18.4 Å². The molecule has 1 aromatic carbocycles. The van der Waals surface area contributed by atoms with Crippen LogP contribution >= 0.6 is 0 Å². The summed E-state index contributed by atoms with van der Waals surface area (Å²) in [6, 6.07) is 8.52. The van der Waals surface area contributed by atoms with Gasteiger partial charge < -0.3 is 9.88 Å². The minimum atomic E-state index is 0.636. The van der Waals surface area contributed by atoms with Crippen molar-refractivity contribution in [2.75, 3.05) is 6.54 Å². The minimum absolute atomic E-state index is 0.636. The maximum Gasteiger partial charge on any atom is 0.0994 e. The van der Waals surface area contributed by atoms with Crippen molar-refractivity contribution in [2.45, 2.75) is 33.7 Å². The Morgan fingerprint density at radius 1 is 1.26 bits per heavy atom. The van der Waals surface area contributed by atoms with Gasteiger partial charge in [-0.2, -0.15) is 0 Å². The quantitative estimate of drug-likeness (QED) is 0.861. The Labute approximate surface area is 115 Å². The van der Waals surface area contributed by atoms with Gasteiger partial charge in [0.25, 0.3) is 0 Å². The van der Waals surface area contributed by atoms with Crippen LogP contribution in [0.5, 0.6) is 0 Å². The molecule has 0 amide bonds. The van der Waals surface area contributed by atoms with Crippen LogP contribution in [0.1, 0.15) is 32.0 Å². The van der Waals surface area contributed by atoms with Gasteiger partial charge in [-0.05, 0) is 30.5 Å². The van der Waals surface area contributed by atoms with Crippen molar-refractivity contribution in [3.05, 3.63) is 48.0 Å². The van der Waals surface area contributed by atoms with Crippen LogP contribution in [0.3, 0.4) is 0 Å². The van der Waals surface area contributed by atoms with Gasteiger partial charge in [-0.3, -0.25) is 0 Å². The molecule has 0 radical (unpaired) electrons. The van der Waals surface area contributed by atoms with E-state index in [-0.39, 0.29) is 0 Å². The molecule has 1 N–H and O–H groups in total. The van der Waals surface area contributed by atoms with Crippen molar-refractivity contribution in [3.63, 3.8) is 0 Å². The number of para-hydroxylation sites is 1. The number of hydrogen-bond donors (Lipinski definition) is 1. The van der Waals surface area contributed by atoms with Crippen molar-refractivity contribution in [1.29, 1.82) is 0 Å². The molecule has 0 fully saturated rings. The maximum absolute atomic E-state index is 4.32. The third-order valence-corrected chi connectivity index (χ3v) is 3.15. The van der Waals surface area contributed by atoms with E-state index in [1.165, 1.54) is 16.9 Å². The summed E-state index contributed by atoms with van der Waals surface area (Å²) in [6.45, 7) is 8.48. The van der Waals surface area contributed by atoms with Crippen molar-refractivity contribution in [3.8, 4) is 5.69 Å². The Morgan fingerprint density at radius 2 is 2.05 bits per heavy atom. The highest BCUT2D eigenvalue weighted by Gasteiger charge is 2.09. The Hall–Kier alpha value is -1.61. The summed E-state index contributed by atoms with van der Waals surface area (Å²) in [6.07, 6.45) is 4.95. The van der Waals surface area contributed by atoms with Gasteiger partial charge >= 0.3 is 0 Å². The zero-order valence-electron chi connectivity index (χ0n) is 12.1. The van der Waals surface area contributed by atoms with Crippen molar-refractivity contribution in [2.24, 2.45) is 5.92 Å². The van der Waals surface area contributed by atoms with Crippen molar-refractivity contribution in [1.82, 2.24) is 14.9 Å². The highest BCUT2D eigenvalue weighted by atomic mass is 15.1. The minimum Gasteiger partial charge on any atom is -0.313 e. The molecule has 0 aliphatic carbocycles. The molecule has 2 aromatic rings. The van der Waals surface area contributed by atoms with E-state index in [4.69, 9.17) is 0 Å². The third kappa shape index (κ3) is 3.44. The zero-order valence-corrected chi connectivity index (χ0v) is 12.1. The fraction of sp³-hybridized carbons (Fsp3) is 0.438. The van der Waals surface area contributed by atoms with Gasteiger partial charge in [0.2, 0.25) is 0 Å². The SMILES string of the molecule is CCNCc1ccccc1-n1cncc1CC(C)C. The lowest BCUT2D eigenvalue weighted by Gasteiger charge is -2.14. The van der Waals surface area contributed by atoms with E-state index >= 15 is 0 Å². The monoisotopic (exact) mass is 257 g/mol. The number of nitrogens with zero attached hydrogens (tertiary/aromatic N) is 2. The molecule has 19 heavy (non-hydrogen) atoms. The van der Waals surface area contributed by atoms with Crippen LogP contribution in [0.4, 0.5) is 0 Å². The van der Waals surface area contributed by atoms with E-state index in [2.05, 4.69) is 59.9 Å². The van der Waals surface area contributed by atoms with Gasteiger partial charge in [0.15, 0.2) is 0 Å². The molecule has 2 rings (SSSR count). The van der Waals surface area contributed by atoms with Crippen LogP contribution in [0.2, 0.25) is 0 Å². The molecule has 0 unspecified atom stereocenters. The highest BCUT2D eigenvalue weighted by Crippen LogP contribution is 2.18. The second-order valence-corrected chi connectivity index (χ2v) is 5.26. The highest BCUT2D eigenvalue weighted by molar-refractivity contribution is 5.42. The van der Waals surface area contributed by atoms with Crippen LogP contribution in [0.25, 0.3) is 5.69 Å². The second-order valence-electron chi connectivity index (χ2n) is 5.26. The fourth-order valence-electron chi connectivity index (χ4n) is 2.26. The standard InChI is InChI=1S/C16H23N3/c1-4-17-10-14-7-5-6-8-16(14)19-12-18-11-15(19)9-13(2)3/h5-8,11-13,17H,4,9-10H2,1-3H3. The summed E-state index contributed by atoms with van der Waals surface area (Å²) in [5.41, 5.74) is 3.82. The molecule has 0 bridgehead atoms. The van der Waals surface area contributed by atoms with E-state index in [0.29, 0.717) is 5.92 Å². The number of aromatic nitrogens is 2. The molecule has 0 aliphatic rings. The first-order chi connectivity index (χ1) is 9.22. The molecule has 3 heteroatoms. The molecule has 3 nitrogen and oxygen atoms in total.